The number of alkyl halides is 6. The van der Waals surface area contributed by atoms with E-state index < -0.39 is 35.6 Å². The molecule has 0 atom stereocenters. The molecule has 0 bridgehead atoms. The van der Waals surface area contributed by atoms with Gasteiger partial charge in [0.1, 0.15) is 0 Å². The van der Waals surface area contributed by atoms with Crippen molar-refractivity contribution in [3.05, 3.63) is 59.2 Å². The highest BCUT2D eigenvalue weighted by atomic mass is 19.4. The number of halogens is 6. The van der Waals surface area contributed by atoms with Crippen LogP contribution in [0.15, 0.2) is 42.5 Å². The summed E-state index contributed by atoms with van der Waals surface area (Å²) in [5, 5.41) is 9.03. The molecule has 0 saturated heterocycles. The lowest BCUT2D eigenvalue weighted by atomic mass is 9.95. The highest BCUT2D eigenvalue weighted by Crippen LogP contribution is 2.39. The molecule has 1 N–H and O–H groups in total. The second-order valence-corrected chi connectivity index (χ2v) is 4.61. The third kappa shape index (κ3) is 3.41. The lowest BCUT2D eigenvalue weighted by molar-refractivity contribution is -0.137. The largest absolute Gasteiger partial charge is 0.417 e. The van der Waals surface area contributed by atoms with Gasteiger partial charge in [0.15, 0.2) is 0 Å². The van der Waals surface area contributed by atoms with Crippen LogP contribution in [0.25, 0.3) is 11.1 Å². The van der Waals surface area contributed by atoms with Gasteiger partial charge in [-0.05, 0) is 41.0 Å². The van der Waals surface area contributed by atoms with Crippen LogP contribution < -0.4 is 0 Å². The zero-order valence-corrected chi connectivity index (χ0v) is 11.0. The first-order valence-corrected chi connectivity index (χ1v) is 6.11. The molecule has 0 heterocycles. The van der Waals surface area contributed by atoms with Crippen LogP contribution in [0.5, 0.6) is 0 Å². The summed E-state index contributed by atoms with van der Waals surface area (Å²) in [6.07, 6.45) is -9.36. The second kappa shape index (κ2) is 5.64. The average Bonchev–Trinajstić information content (AvgIpc) is 2.45. The molecule has 0 spiro atoms. The van der Waals surface area contributed by atoms with Gasteiger partial charge in [0, 0.05) is 0 Å². The van der Waals surface area contributed by atoms with Crippen molar-refractivity contribution in [1.29, 1.82) is 0 Å². The molecule has 7 heteroatoms. The molecule has 0 aliphatic carbocycles. The molecule has 0 radical (unpaired) electrons. The molecule has 0 saturated carbocycles. The van der Waals surface area contributed by atoms with E-state index in [0.717, 1.165) is 30.3 Å². The Balaban J connectivity index is 2.65. The minimum absolute atomic E-state index is 0.181. The smallest absolute Gasteiger partial charge is 0.392 e. The summed E-state index contributed by atoms with van der Waals surface area (Å²) in [5.41, 5.74) is -2.51. The van der Waals surface area contributed by atoms with Gasteiger partial charge in [-0.3, -0.25) is 0 Å². The molecule has 0 unspecified atom stereocenters. The van der Waals surface area contributed by atoms with Gasteiger partial charge in [0.25, 0.3) is 0 Å². The first-order chi connectivity index (χ1) is 10.1. The number of aliphatic hydroxyl groups excluding tert-OH is 1. The normalized spacial score (nSPS) is 12.5. The predicted octanol–water partition coefficient (Wildman–Crippen LogP) is 4.88. The number of benzene rings is 2. The fourth-order valence-electron chi connectivity index (χ4n) is 2.04. The topological polar surface area (TPSA) is 20.2 Å². The Morgan fingerprint density at radius 2 is 1.50 bits per heavy atom. The van der Waals surface area contributed by atoms with Gasteiger partial charge in [0.2, 0.25) is 0 Å². The zero-order valence-electron chi connectivity index (χ0n) is 11.0. The molecule has 22 heavy (non-hydrogen) atoms. The maximum atomic E-state index is 13.0. The Labute approximate surface area is 121 Å². The van der Waals surface area contributed by atoms with E-state index in [2.05, 4.69) is 0 Å². The van der Waals surface area contributed by atoms with Crippen LogP contribution in [-0.2, 0) is 19.0 Å². The SMILES string of the molecule is OCc1ccc(C(F)(F)F)c(-c2cccc(C(F)(F)F)c2)c1. The van der Waals surface area contributed by atoms with Crippen LogP contribution >= 0.6 is 0 Å². The first kappa shape index (κ1) is 16.4. The van der Waals surface area contributed by atoms with Gasteiger partial charge >= 0.3 is 12.4 Å². The summed E-state index contributed by atoms with van der Waals surface area (Å²) in [7, 11) is 0. The molecule has 0 amide bonds. The Morgan fingerprint density at radius 1 is 0.818 bits per heavy atom. The first-order valence-electron chi connectivity index (χ1n) is 6.11. The Kier molecular flexibility index (Phi) is 4.19. The predicted molar refractivity (Wildman–Crippen MR) is 67.8 cm³/mol. The standard InChI is InChI=1S/C15H10F6O/c16-14(17,18)11-3-1-2-10(7-11)12-6-9(8-22)4-5-13(12)15(19,20)21/h1-7,22H,8H2. The van der Waals surface area contributed by atoms with Crippen LogP contribution in [0.3, 0.4) is 0 Å². The van der Waals surface area contributed by atoms with Crippen LogP contribution in [-0.4, -0.2) is 5.11 Å². The monoisotopic (exact) mass is 320 g/mol. The Morgan fingerprint density at radius 3 is 2.05 bits per heavy atom. The van der Waals surface area contributed by atoms with Crippen LogP contribution in [0, 0.1) is 0 Å². The Hall–Kier alpha value is -2.02. The van der Waals surface area contributed by atoms with Crippen LogP contribution in [0.2, 0.25) is 0 Å². The zero-order chi connectivity index (χ0) is 16.5. The van der Waals surface area contributed by atoms with Crippen molar-refractivity contribution in [2.24, 2.45) is 0 Å². The lowest BCUT2D eigenvalue weighted by Gasteiger charge is -2.15. The summed E-state index contributed by atoms with van der Waals surface area (Å²) < 4.78 is 77.2. The fraction of sp³-hybridized carbons (Fsp3) is 0.200. The van der Waals surface area contributed by atoms with Gasteiger partial charge in [-0.15, -0.1) is 0 Å². The van der Waals surface area contributed by atoms with Gasteiger partial charge in [-0.2, -0.15) is 26.3 Å². The second-order valence-electron chi connectivity index (χ2n) is 4.61. The van der Waals surface area contributed by atoms with E-state index >= 15 is 0 Å². The van der Waals surface area contributed by atoms with Crippen LogP contribution in [0.4, 0.5) is 26.3 Å². The summed E-state index contributed by atoms with van der Waals surface area (Å²) >= 11 is 0. The molecular weight excluding hydrogens is 310 g/mol. The molecule has 2 aromatic rings. The lowest BCUT2D eigenvalue weighted by Crippen LogP contribution is -2.09. The van der Waals surface area contributed by atoms with Gasteiger partial charge < -0.3 is 5.11 Å². The summed E-state index contributed by atoms with van der Waals surface area (Å²) in [4.78, 5) is 0. The van der Waals surface area contributed by atoms with Gasteiger partial charge in [-0.25, -0.2) is 0 Å². The van der Waals surface area contributed by atoms with Gasteiger partial charge in [0.05, 0.1) is 17.7 Å². The Bertz CT molecular complexity index is 672. The van der Waals surface area contributed by atoms with Crippen LogP contribution in [0.1, 0.15) is 16.7 Å². The van der Waals surface area contributed by atoms with E-state index in [1.165, 1.54) is 6.07 Å². The summed E-state index contributed by atoms with van der Waals surface area (Å²) in [6, 6.07) is 6.53. The molecule has 0 aliphatic heterocycles. The van der Waals surface area contributed by atoms with Crippen molar-refractivity contribution in [3.63, 3.8) is 0 Å². The quantitative estimate of drug-likeness (QED) is 0.782. The number of aliphatic hydroxyl groups is 1. The van der Waals surface area contributed by atoms with E-state index in [1.54, 1.807) is 0 Å². The number of hydrogen-bond acceptors (Lipinski definition) is 1. The van der Waals surface area contributed by atoms with Gasteiger partial charge in [-0.1, -0.05) is 18.2 Å². The van der Waals surface area contributed by atoms with Crippen molar-refractivity contribution in [2.45, 2.75) is 19.0 Å². The van der Waals surface area contributed by atoms with Crippen molar-refractivity contribution in [3.8, 4) is 11.1 Å². The number of hydrogen-bond donors (Lipinski definition) is 1. The highest BCUT2D eigenvalue weighted by Gasteiger charge is 2.35. The van der Waals surface area contributed by atoms with Crippen molar-refractivity contribution >= 4 is 0 Å². The molecule has 0 aliphatic rings. The maximum absolute atomic E-state index is 13.0. The molecule has 2 rings (SSSR count). The number of rotatable bonds is 2. The molecule has 0 aromatic heterocycles. The highest BCUT2D eigenvalue weighted by molar-refractivity contribution is 5.69. The third-order valence-corrected chi connectivity index (χ3v) is 3.07. The van der Waals surface area contributed by atoms with E-state index in [4.69, 9.17) is 5.11 Å². The minimum Gasteiger partial charge on any atom is -0.392 e. The maximum Gasteiger partial charge on any atom is 0.417 e. The van der Waals surface area contributed by atoms with E-state index in [1.807, 2.05) is 0 Å². The van der Waals surface area contributed by atoms with Crippen molar-refractivity contribution in [2.75, 3.05) is 0 Å². The van der Waals surface area contributed by atoms with E-state index in [-0.39, 0.29) is 11.1 Å². The van der Waals surface area contributed by atoms with E-state index in [9.17, 15) is 26.3 Å². The molecule has 118 valence electrons. The summed E-state index contributed by atoms with van der Waals surface area (Å²) in [6.45, 7) is -0.510. The fourth-order valence-corrected chi connectivity index (χ4v) is 2.04. The molecular formula is C15H10F6O. The summed E-state index contributed by atoms with van der Waals surface area (Å²) in [5.74, 6) is 0. The third-order valence-electron chi connectivity index (χ3n) is 3.07. The molecule has 1 nitrogen and oxygen atoms in total. The molecule has 0 fully saturated rings. The minimum atomic E-state index is -4.71. The van der Waals surface area contributed by atoms with E-state index in [0.29, 0.717) is 6.07 Å². The average molecular weight is 320 g/mol. The van der Waals surface area contributed by atoms with Crippen molar-refractivity contribution < 1.29 is 31.4 Å². The molecule has 2 aromatic carbocycles. The van der Waals surface area contributed by atoms with Crippen molar-refractivity contribution in [1.82, 2.24) is 0 Å².